The van der Waals surface area contributed by atoms with Crippen LogP contribution in [0.15, 0.2) is 122 Å². The number of carboxylic acids is 1. The quantitative estimate of drug-likeness (QED) is 0.0445. The number of nitrogens with one attached hydrogen (secondary N) is 1. The molecule has 2 aliphatic rings. The van der Waals surface area contributed by atoms with Gasteiger partial charge in [-0.3, -0.25) is 4.79 Å². The average molecular weight is 821 g/mol. The molecule has 4 heteroatoms. The van der Waals surface area contributed by atoms with E-state index >= 15 is 0 Å². The topological polar surface area (TPSA) is 52.6 Å². The molecule has 2 saturated carbocycles. The minimum atomic E-state index is -0.795. The fourth-order valence-corrected chi connectivity index (χ4v) is 11.3. The molecule has 2 aliphatic carbocycles. The number of aryl methyl sites for hydroxylation is 1. The molecule has 4 nitrogen and oxygen atoms in total. The van der Waals surface area contributed by atoms with E-state index in [-0.39, 0.29) is 6.42 Å². The van der Waals surface area contributed by atoms with Crippen LogP contribution in [0.3, 0.4) is 0 Å². The molecular formula is C57H76N2O2. The molecule has 2 fully saturated rings. The number of fused-ring (bicyclic) bond motifs is 2. The summed E-state index contributed by atoms with van der Waals surface area (Å²) in [6.45, 7) is 19.4. The Morgan fingerprint density at radius 2 is 1.61 bits per heavy atom. The van der Waals surface area contributed by atoms with Gasteiger partial charge >= 0.3 is 5.97 Å². The van der Waals surface area contributed by atoms with Gasteiger partial charge in [0, 0.05) is 35.6 Å². The van der Waals surface area contributed by atoms with Crippen molar-refractivity contribution in [3.8, 4) is 0 Å². The molecule has 4 unspecified atom stereocenters. The fraction of sp³-hybridized carbons (Fsp3) is 0.491. The Labute approximate surface area is 369 Å². The van der Waals surface area contributed by atoms with Crippen molar-refractivity contribution in [3.05, 3.63) is 133 Å². The van der Waals surface area contributed by atoms with Gasteiger partial charge < -0.3 is 15.3 Å². The first-order valence-corrected chi connectivity index (χ1v) is 24.2. The first-order chi connectivity index (χ1) is 29.7. The maximum absolute atomic E-state index is 11.9. The maximum atomic E-state index is 11.9. The summed E-state index contributed by atoms with van der Waals surface area (Å²) in [6.07, 6.45) is 29.2. The van der Waals surface area contributed by atoms with Crippen LogP contribution in [0.4, 0.5) is 11.4 Å². The van der Waals surface area contributed by atoms with Gasteiger partial charge in [-0.1, -0.05) is 171 Å². The van der Waals surface area contributed by atoms with Crippen molar-refractivity contribution in [2.24, 2.45) is 23.7 Å². The summed E-state index contributed by atoms with van der Waals surface area (Å²) in [4.78, 5) is 14.1. The summed E-state index contributed by atoms with van der Waals surface area (Å²) >= 11 is 0. The van der Waals surface area contributed by atoms with Crippen LogP contribution in [0.1, 0.15) is 142 Å². The summed E-state index contributed by atoms with van der Waals surface area (Å²) in [6, 6.07) is 26.1. The number of carboxylic acid groups (broad SMARTS) is 1. The van der Waals surface area contributed by atoms with Crippen LogP contribution in [0, 0.1) is 23.7 Å². The van der Waals surface area contributed by atoms with E-state index in [1.807, 2.05) is 6.08 Å². The molecule has 4 aromatic rings. The molecule has 0 aliphatic heterocycles. The third-order valence-electron chi connectivity index (χ3n) is 14.7. The Kier molecular flexibility index (Phi) is 16.9. The Morgan fingerprint density at radius 1 is 0.885 bits per heavy atom. The van der Waals surface area contributed by atoms with E-state index in [0.717, 1.165) is 66.4 Å². The second kappa shape index (κ2) is 22.5. The van der Waals surface area contributed by atoms with Crippen LogP contribution in [0.2, 0.25) is 0 Å². The van der Waals surface area contributed by atoms with E-state index in [1.54, 1.807) is 0 Å². The van der Waals surface area contributed by atoms with E-state index < -0.39 is 11.4 Å². The van der Waals surface area contributed by atoms with Gasteiger partial charge in [0.15, 0.2) is 0 Å². The molecule has 0 amide bonds. The van der Waals surface area contributed by atoms with E-state index in [4.69, 9.17) is 6.58 Å². The first-order valence-electron chi connectivity index (χ1n) is 24.2. The van der Waals surface area contributed by atoms with Crippen molar-refractivity contribution < 1.29 is 9.90 Å². The highest BCUT2D eigenvalue weighted by molar-refractivity contribution is 5.93. The van der Waals surface area contributed by atoms with Crippen LogP contribution in [0.5, 0.6) is 0 Å². The van der Waals surface area contributed by atoms with Crippen LogP contribution in [-0.4, -0.2) is 24.2 Å². The van der Waals surface area contributed by atoms with Crippen molar-refractivity contribution in [2.45, 2.75) is 142 Å². The van der Waals surface area contributed by atoms with Crippen LogP contribution >= 0.6 is 0 Å². The van der Waals surface area contributed by atoms with E-state index in [0.29, 0.717) is 6.54 Å². The standard InChI is InChI=1S/C57H76N2O2/c1-7-11-12-23-47-32-31-43(41-52(47)44-24-13-14-25-44)22-20-39-58-53-35-33-46-27-16-18-30-51(46)56(53)57(6,38-8-2)42(5)21-19-28-48(9-3)59(40-37-55(60)61)54-36-34-45-26-15-17-29-50(45)49(54)10-4/h8,15-19,21,26-30,33-36,43-44,47,52,58H,2,5,7,9-14,20,22-25,31-32,37-41H2,1,3-4,6H3,(H,60,61)/b21-19+,48-28+. The zero-order chi connectivity index (χ0) is 43.2. The minimum absolute atomic E-state index is 0.0548. The number of nitrogens with zero attached hydrogens (tertiary/aromatic N) is 1. The Morgan fingerprint density at radius 3 is 2.31 bits per heavy atom. The zero-order valence-electron chi connectivity index (χ0n) is 38.2. The van der Waals surface area contributed by atoms with Crippen LogP contribution in [0.25, 0.3) is 21.5 Å². The summed E-state index contributed by atoms with van der Waals surface area (Å²) < 4.78 is 0. The lowest BCUT2D eigenvalue weighted by Crippen LogP contribution is -2.30. The largest absolute Gasteiger partial charge is 0.481 e. The van der Waals surface area contributed by atoms with Crippen LogP contribution in [-0.2, 0) is 16.6 Å². The Hall–Kier alpha value is -4.57. The lowest BCUT2D eigenvalue weighted by atomic mass is 9.66. The lowest BCUT2D eigenvalue weighted by molar-refractivity contribution is -0.136. The number of aliphatic carboxylic acids is 1. The molecule has 326 valence electrons. The van der Waals surface area contributed by atoms with Gasteiger partial charge in [0.2, 0.25) is 0 Å². The highest BCUT2D eigenvalue weighted by atomic mass is 16.4. The normalized spacial score (nSPS) is 19.7. The minimum Gasteiger partial charge on any atom is -0.481 e. The maximum Gasteiger partial charge on any atom is 0.305 e. The summed E-state index contributed by atoms with van der Waals surface area (Å²) in [7, 11) is 0. The monoisotopic (exact) mass is 821 g/mol. The smallest absolute Gasteiger partial charge is 0.305 e. The van der Waals surface area contributed by atoms with Gasteiger partial charge in [0.05, 0.1) is 6.42 Å². The van der Waals surface area contributed by atoms with Crippen molar-refractivity contribution in [3.63, 3.8) is 0 Å². The highest BCUT2D eigenvalue weighted by Crippen LogP contribution is 2.48. The molecule has 4 aromatic carbocycles. The van der Waals surface area contributed by atoms with Gasteiger partial charge in [-0.15, -0.1) is 6.58 Å². The van der Waals surface area contributed by atoms with Crippen molar-refractivity contribution >= 4 is 38.9 Å². The molecule has 2 N–H and O–H groups in total. The highest BCUT2D eigenvalue weighted by Gasteiger charge is 2.36. The van der Waals surface area contributed by atoms with Crippen molar-refractivity contribution in [1.82, 2.24) is 0 Å². The molecule has 0 spiro atoms. The first kappa shape index (κ1) is 45.9. The van der Waals surface area contributed by atoms with Crippen molar-refractivity contribution in [1.29, 1.82) is 0 Å². The summed E-state index contributed by atoms with van der Waals surface area (Å²) in [5, 5.41) is 18.7. The number of rotatable bonds is 23. The third-order valence-corrected chi connectivity index (χ3v) is 14.7. The second-order valence-electron chi connectivity index (χ2n) is 18.6. The fourth-order valence-electron chi connectivity index (χ4n) is 11.3. The number of allylic oxidation sites excluding steroid dienone is 6. The molecule has 4 atom stereocenters. The lowest BCUT2D eigenvalue weighted by Gasteiger charge is -2.40. The van der Waals surface area contributed by atoms with E-state index in [2.05, 4.69) is 136 Å². The summed E-state index contributed by atoms with van der Waals surface area (Å²) in [5.41, 5.74) is 6.47. The van der Waals surface area contributed by atoms with Gasteiger partial charge in [-0.05, 0) is 125 Å². The predicted octanol–water partition coefficient (Wildman–Crippen LogP) is 15.8. The number of hydrogen-bond acceptors (Lipinski definition) is 3. The number of carbonyl (C=O) groups is 1. The molecule has 61 heavy (non-hydrogen) atoms. The molecule has 0 saturated heterocycles. The molecule has 0 heterocycles. The molecule has 0 aromatic heterocycles. The van der Waals surface area contributed by atoms with E-state index in [1.165, 1.54) is 122 Å². The van der Waals surface area contributed by atoms with Gasteiger partial charge in [-0.2, -0.15) is 0 Å². The Bertz CT molecular complexity index is 2140. The van der Waals surface area contributed by atoms with Crippen molar-refractivity contribution in [2.75, 3.05) is 23.3 Å². The molecule has 6 rings (SSSR count). The second-order valence-corrected chi connectivity index (χ2v) is 18.6. The number of anilines is 2. The predicted molar refractivity (Wildman–Crippen MR) is 264 cm³/mol. The van der Waals surface area contributed by atoms with Gasteiger partial charge in [0.25, 0.3) is 0 Å². The molecule has 0 bridgehead atoms. The SMILES string of the molecule is C=CCC(C)(C(=C)/C=C/C=C(\CC)N(CCC(=O)O)c1ccc2ccccc2c1CC)c1c(NCCCC2CCC(CCCCC)C(C3CCCC3)C2)ccc2ccccc12. The van der Waals surface area contributed by atoms with Gasteiger partial charge in [-0.25, -0.2) is 0 Å². The van der Waals surface area contributed by atoms with Gasteiger partial charge in [0.1, 0.15) is 0 Å². The number of benzene rings is 4. The molecular weight excluding hydrogens is 745 g/mol. The third kappa shape index (κ3) is 11.3. The Balaban J connectivity index is 1.22. The molecule has 0 radical (unpaired) electrons. The van der Waals surface area contributed by atoms with E-state index in [9.17, 15) is 9.90 Å². The zero-order valence-corrected chi connectivity index (χ0v) is 38.2. The number of hydrogen-bond donors (Lipinski definition) is 2. The number of unbranched alkanes of at least 4 members (excludes halogenated alkanes) is 2. The van der Waals surface area contributed by atoms with Crippen LogP contribution < -0.4 is 10.2 Å². The summed E-state index contributed by atoms with van der Waals surface area (Å²) in [5.74, 6) is 2.97. The average Bonchev–Trinajstić information content (AvgIpc) is 3.82.